The molecule has 120 valence electrons. The summed E-state index contributed by atoms with van der Waals surface area (Å²) in [5.74, 6) is 0.541. The Labute approximate surface area is 131 Å². The highest BCUT2D eigenvalue weighted by atomic mass is 16.5. The van der Waals surface area contributed by atoms with E-state index in [2.05, 4.69) is 15.3 Å². The number of benzene rings is 1. The predicted octanol–water partition coefficient (Wildman–Crippen LogP) is 1.65. The van der Waals surface area contributed by atoms with E-state index >= 15 is 0 Å². The smallest absolute Gasteiger partial charge is 0.373 e. The average Bonchev–Trinajstić information content (AvgIpc) is 3.02. The van der Waals surface area contributed by atoms with E-state index in [-0.39, 0.29) is 12.4 Å². The van der Waals surface area contributed by atoms with Crippen molar-refractivity contribution in [2.75, 3.05) is 7.11 Å². The number of methoxy groups -OCH3 is 1. The summed E-state index contributed by atoms with van der Waals surface area (Å²) in [5.41, 5.74) is 7.66. The van der Waals surface area contributed by atoms with E-state index in [0.717, 1.165) is 0 Å². The van der Waals surface area contributed by atoms with Crippen molar-refractivity contribution in [2.24, 2.45) is 10.8 Å². The largest absolute Gasteiger partial charge is 0.485 e. The van der Waals surface area contributed by atoms with Crippen LogP contribution >= 0.6 is 0 Å². The number of carbonyl (C=O) groups excluding carboxylic acids is 2. The number of nitrogens with one attached hydrogen (secondary N) is 1. The molecule has 0 saturated heterocycles. The molecule has 1 aromatic heterocycles. The Morgan fingerprint density at radius 1 is 1.30 bits per heavy atom. The zero-order valence-electron chi connectivity index (χ0n) is 12.3. The number of primary amides is 1. The summed E-state index contributed by atoms with van der Waals surface area (Å²) in [4.78, 5) is 21.9. The highest BCUT2D eigenvalue weighted by Crippen LogP contribution is 2.18. The van der Waals surface area contributed by atoms with Crippen LogP contribution in [0.2, 0.25) is 0 Å². The van der Waals surface area contributed by atoms with Gasteiger partial charge in [-0.3, -0.25) is 0 Å². The number of ether oxygens (including phenoxy) is 2. The molecule has 23 heavy (non-hydrogen) atoms. The second-order valence-electron chi connectivity index (χ2n) is 4.32. The van der Waals surface area contributed by atoms with Gasteiger partial charge in [0.15, 0.2) is 0 Å². The quantitative estimate of drug-likeness (QED) is 0.477. The number of hydrogen-bond donors (Lipinski definition) is 2. The Hall–Kier alpha value is -3.29. The molecule has 0 atom stereocenters. The van der Waals surface area contributed by atoms with Crippen molar-refractivity contribution >= 4 is 18.2 Å². The number of esters is 1. The molecule has 0 bridgehead atoms. The lowest BCUT2D eigenvalue weighted by Gasteiger charge is -2.07. The number of rotatable bonds is 6. The molecule has 0 radical (unpaired) electrons. The maximum absolute atomic E-state index is 11.3. The Kier molecular flexibility index (Phi) is 5.35. The van der Waals surface area contributed by atoms with E-state index in [0.29, 0.717) is 17.1 Å². The molecular formula is C15H15N3O5. The Morgan fingerprint density at radius 2 is 2.09 bits per heavy atom. The van der Waals surface area contributed by atoms with Gasteiger partial charge < -0.3 is 19.6 Å². The summed E-state index contributed by atoms with van der Waals surface area (Å²) >= 11 is 0. The minimum Gasteiger partial charge on any atom is -0.485 e. The number of amides is 2. The van der Waals surface area contributed by atoms with Crippen molar-refractivity contribution in [1.29, 1.82) is 0 Å². The number of hydrogen-bond acceptors (Lipinski definition) is 6. The lowest BCUT2D eigenvalue weighted by molar-refractivity contribution is 0.0561. The Balaban J connectivity index is 2.03. The van der Waals surface area contributed by atoms with Gasteiger partial charge in [0.2, 0.25) is 5.76 Å². The Bertz CT molecular complexity index is 723. The molecule has 0 aliphatic rings. The molecule has 2 rings (SSSR count). The summed E-state index contributed by atoms with van der Waals surface area (Å²) in [6, 6.07) is 9.44. The van der Waals surface area contributed by atoms with Crippen LogP contribution in [0.5, 0.6) is 5.75 Å². The molecule has 2 aromatic rings. The lowest BCUT2D eigenvalue weighted by atomic mass is 10.2. The van der Waals surface area contributed by atoms with Crippen LogP contribution in [0.3, 0.4) is 0 Å². The third-order valence-corrected chi connectivity index (χ3v) is 2.72. The topological polar surface area (TPSA) is 116 Å². The molecule has 0 saturated carbocycles. The fourth-order valence-corrected chi connectivity index (χ4v) is 1.70. The first kappa shape index (κ1) is 16.1. The predicted molar refractivity (Wildman–Crippen MR) is 81.1 cm³/mol. The first-order valence-corrected chi connectivity index (χ1v) is 6.57. The first-order valence-electron chi connectivity index (χ1n) is 6.57. The number of hydrazone groups is 1. The van der Waals surface area contributed by atoms with Gasteiger partial charge in [-0.1, -0.05) is 12.1 Å². The lowest BCUT2D eigenvalue weighted by Crippen LogP contribution is -2.24. The summed E-state index contributed by atoms with van der Waals surface area (Å²) in [6.45, 7) is 0.116. The van der Waals surface area contributed by atoms with Gasteiger partial charge in [0, 0.05) is 5.56 Å². The SMILES string of the molecule is COC(=O)c1ccc(COc2ccccc2/C=N\NC(N)=O)o1. The van der Waals surface area contributed by atoms with E-state index in [4.69, 9.17) is 14.9 Å². The molecule has 8 nitrogen and oxygen atoms in total. The summed E-state index contributed by atoms with van der Waals surface area (Å²) < 4.78 is 15.5. The molecule has 2 amide bonds. The minimum atomic E-state index is -0.759. The third kappa shape index (κ3) is 4.60. The normalized spacial score (nSPS) is 10.5. The van der Waals surface area contributed by atoms with Gasteiger partial charge in [0.1, 0.15) is 18.1 Å². The molecule has 0 fully saturated rings. The number of nitrogens with two attached hydrogens (primary N) is 1. The Morgan fingerprint density at radius 3 is 2.83 bits per heavy atom. The van der Waals surface area contributed by atoms with Crippen LogP contribution in [0.25, 0.3) is 0 Å². The number of furan rings is 1. The molecule has 1 aromatic carbocycles. The number of urea groups is 1. The van der Waals surface area contributed by atoms with Crippen molar-refractivity contribution in [2.45, 2.75) is 6.61 Å². The van der Waals surface area contributed by atoms with Gasteiger partial charge in [-0.2, -0.15) is 5.10 Å². The van der Waals surface area contributed by atoms with Crippen LogP contribution in [0.1, 0.15) is 21.9 Å². The van der Waals surface area contributed by atoms with Crippen LogP contribution in [0.4, 0.5) is 4.79 Å². The maximum Gasteiger partial charge on any atom is 0.373 e. The van der Waals surface area contributed by atoms with Gasteiger partial charge in [0.05, 0.1) is 13.3 Å². The zero-order valence-corrected chi connectivity index (χ0v) is 12.3. The molecule has 0 aliphatic carbocycles. The van der Waals surface area contributed by atoms with Crippen LogP contribution in [-0.4, -0.2) is 25.3 Å². The van der Waals surface area contributed by atoms with Crippen LogP contribution < -0.4 is 15.9 Å². The van der Waals surface area contributed by atoms with Crippen molar-refractivity contribution in [3.8, 4) is 5.75 Å². The molecule has 0 spiro atoms. The fourth-order valence-electron chi connectivity index (χ4n) is 1.70. The molecule has 0 aliphatic heterocycles. The van der Waals surface area contributed by atoms with Crippen LogP contribution in [0, 0.1) is 0 Å². The summed E-state index contributed by atoms with van der Waals surface area (Å²) in [6.07, 6.45) is 1.40. The average molecular weight is 317 g/mol. The molecule has 3 N–H and O–H groups in total. The van der Waals surface area contributed by atoms with Crippen molar-refractivity contribution < 1.29 is 23.5 Å². The molecule has 1 heterocycles. The van der Waals surface area contributed by atoms with Gasteiger partial charge in [0.25, 0.3) is 0 Å². The van der Waals surface area contributed by atoms with Crippen molar-refractivity contribution in [3.05, 3.63) is 53.5 Å². The number of nitrogens with zero attached hydrogens (tertiary/aromatic N) is 1. The highest BCUT2D eigenvalue weighted by Gasteiger charge is 2.11. The van der Waals surface area contributed by atoms with E-state index in [1.54, 1.807) is 30.3 Å². The molecular weight excluding hydrogens is 302 g/mol. The molecule has 8 heteroatoms. The van der Waals surface area contributed by atoms with Crippen LogP contribution in [0.15, 0.2) is 45.9 Å². The highest BCUT2D eigenvalue weighted by molar-refractivity contribution is 5.86. The standard InChI is InChI=1S/C15H15N3O5/c1-21-14(19)13-7-6-11(23-13)9-22-12-5-3-2-4-10(12)8-17-18-15(16)20/h2-8H,9H2,1H3,(H3,16,18,20)/b17-8-. The second kappa shape index (κ2) is 7.64. The van der Waals surface area contributed by atoms with Gasteiger partial charge in [-0.15, -0.1) is 0 Å². The summed E-state index contributed by atoms with van der Waals surface area (Å²) in [7, 11) is 1.27. The number of para-hydroxylation sites is 1. The third-order valence-electron chi connectivity index (χ3n) is 2.72. The molecule has 0 unspecified atom stereocenters. The van der Waals surface area contributed by atoms with E-state index in [1.807, 2.05) is 0 Å². The van der Waals surface area contributed by atoms with Gasteiger partial charge in [-0.25, -0.2) is 15.0 Å². The number of carbonyl (C=O) groups is 2. The van der Waals surface area contributed by atoms with Crippen molar-refractivity contribution in [1.82, 2.24) is 5.43 Å². The maximum atomic E-state index is 11.3. The van der Waals surface area contributed by atoms with Gasteiger partial charge in [-0.05, 0) is 24.3 Å². The minimum absolute atomic E-state index is 0.103. The van der Waals surface area contributed by atoms with Crippen molar-refractivity contribution in [3.63, 3.8) is 0 Å². The zero-order chi connectivity index (χ0) is 16.7. The fraction of sp³-hybridized carbons (Fsp3) is 0.133. The van der Waals surface area contributed by atoms with E-state index in [9.17, 15) is 9.59 Å². The van der Waals surface area contributed by atoms with Gasteiger partial charge >= 0.3 is 12.0 Å². The van der Waals surface area contributed by atoms with Crippen LogP contribution in [-0.2, 0) is 11.3 Å². The first-order chi connectivity index (χ1) is 11.1. The van der Waals surface area contributed by atoms with E-state index < -0.39 is 12.0 Å². The van der Waals surface area contributed by atoms with E-state index in [1.165, 1.54) is 19.4 Å². The summed E-state index contributed by atoms with van der Waals surface area (Å²) in [5, 5.41) is 3.68. The second-order valence-corrected chi connectivity index (χ2v) is 4.32. The monoisotopic (exact) mass is 317 g/mol.